The molecule has 0 fully saturated rings. The fourth-order valence-corrected chi connectivity index (χ4v) is 4.63. The van der Waals surface area contributed by atoms with Gasteiger partial charge in [0.2, 0.25) is 0 Å². The zero-order valence-corrected chi connectivity index (χ0v) is 19.9. The lowest BCUT2D eigenvalue weighted by molar-refractivity contribution is -0.143. The lowest BCUT2D eigenvalue weighted by atomic mass is 9.74. The highest BCUT2D eigenvalue weighted by Gasteiger charge is 2.43. The Morgan fingerprint density at radius 3 is 1.95 bits per heavy atom. The second-order valence-electron chi connectivity index (χ2n) is 8.69. The smallest absolute Gasteiger partial charge is 0.416 e. The molecule has 1 aliphatic heterocycles. The quantitative estimate of drug-likeness (QED) is 0.359. The number of fused-ring (bicyclic) bond motifs is 1. The number of carbonyl (C=O) groups is 1. The predicted octanol–water partition coefficient (Wildman–Crippen LogP) is 8.28. The molecule has 0 aliphatic carbocycles. The van der Waals surface area contributed by atoms with Gasteiger partial charge in [-0.05, 0) is 67.3 Å². The van der Waals surface area contributed by atoms with Crippen LogP contribution in [0.5, 0.6) is 0 Å². The SMILES string of the molecule is CCOC(=O)N1c2ccc(C(F)(F)F)cc2[C@@H]([C@@H](C#N)c2cc(C(F)(F)F)cc(C(F)(F)F)c2)C[C@@H]1CC. The average molecular weight is 552 g/mol. The maximum Gasteiger partial charge on any atom is 0.416 e. The minimum Gasteiger partial charge on any atom is -0.449 e. The van der Waals surface area contributed by atoms with Crippen LogP contribution in [0.4, 0.5) is 50.0 Å². The molecule has 0 saturated carbocycles. The highest BCUT2D eigenvalue weighted by atomic mass is 19.4. The standard InChI is InChI=1S/C25H21F9N2O2/c1-3-17-11-18(19-10-14(23(26,27)28)5-6-21(19)36(17)22(37)38-4-2)20(12-35)13-7-15(24(29,30)31)9-16(8-13)25(32,33)34/h5-10,17-18,20H,3-4,11H2,1-2H3/t17-,18-,20-/m0/s1. The summed E-state index contributed by atoms with van der Waals surface area (Å²) < 4.78 is 126. The molecule has 2 aromatic carbocycles. The Morgan fingerprint density at radius 2 is 1.50 bits per heavy atom. The van der Waals surface area contributed by atoms with E-state index >= 15 is 0 Å². The number of benzene rings is 2. The van der Waals surface area contributed by atoms with Crippen molar-refractivity contribution in [1.82, 2.24) is 0 Å². The van der Waals surface area contributed by atoms with Crippen molar-refractivity contribution >= 4 is 11.8 Å². The zero-order chi connectivity index (χ0) is 28.6. The number of halogens is 9. The van der Waals surface area contributed by atoms with E-state index < -0.39 is 64.8 Å². The molecule has 1 aliphatic rings. The van der Waals surface area contributed by atoms with Crippen LogP contribution in [0.3, 0.4) is 0 Å². The van der Waals surface area contributed by atoms with Crippen molar-refractivity contribution in [3.63, 3.8) is 0 Å². The molecule has 4 nitrogen and oxygen atoms in total. The average Bonchev–Trinajstić information content (AvgIpc) is 2.82. The first kappa shape index (κ1) is 29.1. The van der Waals surface area contributed by atoms with E-state index in [1.807, 2.05) is 0 Å². The monoisotopic (exact) mass is 552 g/mol. The fraction of sp³-hybridized carbons (Fsp3) is 0.440. The first-order valence-corrected chi connectivity index (χ1v) is 11.4. The number of hydrogen-bond acceptors (Lipinski definition) is 3. The Morgan fingerprint density at radius 1 is 0.947 bits per heavy atom. The van der Waals surface area contributed by atoms with Crippen LogP contribution in [0.1, 0.15) is 66.3 Å². The number of nitrogens with zero attached hydrogens (tertiary/aromatic N) is 2. The lowest BCUT2D eigenvalue weighted by Gasteiger charge is -2.41. The molecule has 0 N–H and O–H groups in total. The van der Waals surface area contributed by atoms with E-state index in [0.29, 0.717) is 24.3 Å². The van der Waals surface area contributed by atoms with Crippen molar-refractivity contribution in [2.24, 2.45) is 0 Å². The highest BCUT2D eigenvalue weighted by Crippen LogP contribution is 2.49. The Balaban J connectivity index is 2.28. The molecule has 0 unspecified atom stereocenters. The van der Waals surface area contributed by atoms with Crippen LogP contribution in [0.15, 0.2) is 36.4 Å². The molecule has 0 saturated heterocycles. The molecule has 0 spiro atoms. The first-order chi connectivity index (χ1) is 17.5. The topological polar surface area (TPSA) is 53.3 Å². The maximum absolute atomic E-state index is 13.6. The molecule has 1 amide bonds. The van der Waals surface area contributed by atoms with Gasteiger partial charge in [-0.25, -0.2) is 4.79 Å². The van der Waals surface area contributed by atoms with E-state index in [1.165, 1.54) is 6.92 Å². The molecular weight excluding hydrogens is 531 g/mol. The van der Waals surface area contributed by atoms with Gasteiger partial charge in [0.1, 0.15) is 0 Å². The summed E-state index contributed by atoms with van der Waals surface area (Å²) in [6.45, 7) is 3.09. The van der Waals surface area contributed by atoms with Crippen LogP contribution in [0.2, 0.25) is 0 Å². The molecule has 1 heterocycles. The third kappa shape index (κ3) is 5.84. The molecule has 0 radical (unpaired) electrons. The second kappa shape index (κ2) is 10.4. The number of rotatable bonds is 4. The normalized spacial score (nSPS) is 18.9. The van der Waals surface area contributed by atoms with Crippen LogP contribution in [0, 0.1) is 11.3 Å². The molecule has 2 aromatic rings. The number of anilines is 1. The fourth-order valence-electron chi connectivity index (χ4n) is 4.63. The van der Waals surface area contributed by atoms with E-state index in [-0.39, 0.29) is 36.8 Å². The minimum atomic E-state index is -5.18. The zero-order valence-electron chi connectivity index (χ0n) is 19.9. The Bertz CT molecular complexity index is 1200. The van der Waals surface area contributed by atoms with Gasteiger partial charge < -0.3 is 4.74 Å². The van der Waals surface area contributed by atoms with Gasteiger partial charge in [0.15, 0.2) is 0 Å². The maximum atomic E-state index is 13.6. The third-order valence-electron chi connectivity index (χ3n) is 6.35. The van der Waals surface area contributed by atoms with Gasteiger partial charge in [-0.15, -0.1) is 0 Å². The summed E-state index contributed by atoms with van der Waals surface area (Å²) in [5.74, 6) is -2.96. The summed E-state index contributed by atoms with van der Waals surface area (Å²) in [4.78, 5) is 13.8. The number of amides is 1. The molecule has 0 aromatic heterocycles. The molecule has 38 heavy (non-hydrogen) atoms. The van der Waals surface area contributed by atoms with E-state index in [9.17, 15) is 49.6 Å². The van der Waals surface area contributed by atoms with Crippen molar-refractivity contribution in [2.45, 2.75) is 63.1 Å². The number of carbonyl (C=O) groups excluding carboxylic acids is 1. The number of alkyl halides is 9. The van der Waals surface area contributed by atoms with Crippen molar-refractivity contribution in [3.8, 4) is 6.07 Å². The third-order valence-corrected chi connectivity index (χ3v) is 6.35. The van der Waals surface area contributed by atoms with Gasteiger partial charge in [-0.3, -0.25) is 4.90 Å². The lowest BCUT2D eigenvalue weighted by Crippen LogP contribution is -2.45. The van der Waals surface area contributed by atoms with Crippen LogP contribution in [-0.4, -0.2) is 18.7 Å². The summed E-state index contributed by atoms with van der Waals surface area (Å²) >= 11 is 0. The van der Waals surface area contributed by atoms with Crippen molar-refractivity contribution in [2.75, 3.05) is 11.5 Å². The van der Waals surface area contributed by atoms with Gasteiger partial charge in [0.05, 0.1) is 41.0 Å². The van der Waals surface area contributed by atoms with Crippen molar-refractivity contribution in [3.05, 3.63) is 64.2 Å². The number of hydrogen-bond donors (Lipinski definition) is 0. The van der Waals surface area contributed by atoms with Gasteiger partial charge >= 0.3 is 24.6 Å². The molecule has 3 rings (SSSR count). The first-order valence-electron chi connectivity index (χ1n) is 11.4. The predicted molar refractivity (Wildman–Crippen MR) is 117 cm³/mol. The van der Waals surface area contributed by atoms with Crippen LogP contribution < -0.4 is 4.90 Å². The molecule has 0 bridgehead atoms. The van der Waals surface area contributed by atoms with Crippen molar-refractivity contribution in [1.29, 1.82) is 5.26 Å². The van der Waals surface area contributed by atoms with E-state index in [2.05, 4.69) is 0 Å². The molecule has 206 valence electrons. The van der Waals surface area contributed by atoms with Crippen LogP contribution in [0.25, 0.3) is 0 Å². The Hall–Kier alpha value is -3.43. The van der Waals surface area contributed by atoms with E-state index in [1.54, 1.807) is 13.0 Å². The molecule has 13 heteroatoms. The number of ether oxygens (including phenoxy) is 1. The number of nitriles is 1. The van der Waals surface area contributed by atoms with E-state index in [0.717, 1.165) is 11.0 Å². The summed E-state index contributed by atoms with van der Waals surface area (Å²) in [5.41, 5.74) is -5.39. The van der Waals surface area contributed by atoms with Crippen LogP contribution >= 0.6 is 0 Å². The minimum absolute atomic E-state index is 0.0591. The summed E-state index contributed by atoms with van der Waals surface area (Å²) in [6.07, 6.45) is -16.1. The van der Waals surface area contributed by atoms with Gasteiger partial charge in [-0.2, -0.15) is 44.8 Å². The summed E-state index contributed by atoms with van der Waals surface area (Å²) in [6, 6.07) is 4.02. The largest absolute Gasteiger partial charge is 0.449 e. The molecular formula is C25H21F9N2O2. The Kier molecular flexibility index (Phi) is 7.96. The van der Waals surface area contributed by atoms with Gasteiger partial charge in [-0.1, -0.05) is 6.92 Å². The van der Waals surface area contributed by atoms with E-state index in [4.69, 9.17) is 4.74 Å². The van der Waals surface area contributed by atoms with Gasteiger partial charge in [0.25, 0.3) is 0 Å². The summed E-state index contributed by atoms with van der Waals surface area (Å²) in [5, 5.41) is 9.95. The van der Waals surface area contributed by atoms with Crippen molar-refractivity contribution < 1.29 is 49.0 Å². The van der Waals surface area contributed by atoms with Crippen LogP contribution in [-0.2, 0) is 23.3 Å². The molecule has 3 atom stereocenters. The highest BCUT2D eigenvalue weighted by molar-refractivity contribution is 5.90. The summed E-state index contributed by atoms with van der Waals surface area (Å²) in [7, 11) is 0. The van der Waals surface area contributed by atoms with Gasteiger partial charge in [0, 0.05) is 12.0 Å². The Labute approximate surface area is 211 Å². The second-order valence-corrected chi connectivity index (χ2v) is 8.69.